The van der Waals surface area contributed by atoms with Crippen LogP contribution in [0.2, 0.25) is 0 Å². The smallest absolute Gasteiger partial charge is 0.410 e. The monoisotopic (exact) mass is 422 g/mol. The number of amides is 1. The zero-order valence-electron chi connectivity index (χ0n) is 16.2. The van der Waals surface area contributed by atoms with E-state index in [0.717, 1.165) is 12.1 Å². The second-order valence-corrected chi connectivity index (χ2v) is 6.60. The van der Waals surface area contributed by atoms with Gasteiger partial charge in [-0.2, -0.15) is 0 Å². The fourth-order valence-electron chi connectivity index (χ4n) is 2.95. The molecule has 1 N–H and O–H groups in total. The van der Waals surface area contributed by atoms with Gasteiger partial charge in [-0.3, -0.25) is 4.98 Å². The molecule has 0 radical (unpaired) electrons. The van der Waals surface area contributed by atoms with Crippen molar-refractivity contribution in [3.63, 3.8) is 0 Å². The minimum atomic E-state index is -0.756. The van der Waals surface area contributed by atoms with Crippen LogP contribution in [0.1, 0.15) is 18.7 Å². The molecule has 0 saturated carbocycles. The van der Waals surface area contributed by atoms with Crippen molar-refractivity contribution >= 4 is 6.09 Å². The topological polar surface area (TPSA) is 94.8 Å². The molecule has 0 saturated heterocycles. The summed E-state index contributed by atoms with van der Waals surface area (Å²) in [5, 5.41) is 13.6. The molecular formula is C21H16F2N6O2. The van der Waals surface area contributed by atoms with Crippen LogP contribution in [0.25, 0.3) is 16.8 Å². The van der Waals surface area contributed by atoms with Crippen molar-refractivity contribution in [3.8, 4) is 22.6 Å². The summed E-state index contributed by atoms with van der Waals surface area (Å²) in [6.07, 6.45) is 2.24. The number of benzene rings is 2. The number of pyridine rings is 1. The van der Waals surface area contributed by atoms with Crippen molar-refractivity contribution in [1.82, 2.24) is 30.5 Å². The van der Waals surface area contributed by atoms with Gasteiger partial charge in [0, 0.05) is 23.9 Å². The molecule has 1 amide bonds. The van der Waals surface area contributed by atoms with Gasteiger partial charge in [0.25, 0.3) is 0 Å². The van der Waals surface area contributed by atoms with Gasteiger partial charge < -0.3 is 10.1 Å². The van der Waals surface area contributed by atoms with Crippen molar-refractivity contribution in [2.45, 2.75) is 13.0 Å². The first-order valence-electron chi connectivity index (χ1n) is 9.23. The number of nitrogens with one attached hydrogen (secondary N) is 1. The van der Waals surface area contributed by atoms with E-state index in [0.29, 0.717) is 16.9 Å². The molecule has 0 aliphatic heterocycles. The van der Waals surface area contributed by atoms with E-state index in [1.807, 2.05) is 6.07 Å². The Hall–Kier alpha value is -4.21. The molecule has 1 atom stereocenters. The lowest BCUT2D eigenvalue weighted by Gasteiger charge is -2.14. The Bertz CT molecular complexity index is 1200. The Labute approximate surface area is 175 Å². The third-order valence-electron chi connectivity index (χ3n) is 4.42. The molecule has 4 aromatic rings. The molecule has 4 rings (SSSR count). The number of nitrogens with zero attached hydrogens (tertiary/aromatic N) is 5. The molecule has 31 heavy (non-hydrogen) atoms. The number of tetrazole rings is 1. The van der Waals surface area contributed by atoms with Gasteiger partial charge in [0.05, 0.1) is 17.4 Å². The molecule has 156 valence electrons. The van der Waals surface area contributed by atoms with Crippen molar-refractivity contribution in [2.75, 3.05) is 0 Å². The Kier molecular flexibility index (Phi) is 5.61. The first kappa shape index (κ1) is 20.1. The van der Waals surface area contributed by atoms with Gasteiger partial charge >= 0.3 is 6.09 Å². The predicted molar refractivity (Wildman–Crippen MR) is 106 cm³/mol. The lowest BCUT2D eigenvalue weighted by Crippen LogP contribution is -2.30. The van der Waals surface area contributed by atoms with Gasteiger partial charge in [0.15, 0.2) is 0 Å². The maximum absolute atomic E-state index is 14.4. The predicted octanol–water partition coefficient (Wildman–Crippen LogP) is 3.85. The first-order valence-corrected chi connectivity index (χ1v) is 9.23. The zero-order chi connectivity index (χ0) is 21.8. The molecule has 10 heteroatoms. The second kappa shape index (κ2) is 8.66. The van der Waals surface area contributed by atoms with E-state index in [2.05, 4.69) is 25.8 Å². The number of carbonyl (C=O) groups excluding carboxylic acids is 1. The highest BCUT2D eigenvalue weighted by atomic mass is 19.1. The third kappa shape index (κ3) is 4.69. The van der Waals surface area contributed by atoms with E-state index in [1.54, 1.807) is 31.3 Å². The van der Waals surface area contributed by atoms with Crippen molar-refractivity contribution in [1.29, 1.82) is 0 Å². The maximum atomic E-state index is 14.4. The van der Waals surface area contributed by atoms with Crippen LogP contribution >= 0.6 is 0 Å². The number of rotatable bonds is 5. The Balaban J connectivity index is 1.63. The third-order valence-corrected chi connectivity index (χ3v) is 4.42. The summed E-state index contributed by atoms with van der Waals surface area (Å²) in [5.74, 6) is -1.33. The number of aromatic nitrogens is 5. The van der Waals surface area contributed by atoms with Crippen LogP contribution in [0.15, 0.2) is 67.1 Å². The number of ether oxygens (including phenoxy) is 1. The van der Waals surface area contributed by atoms with Crippen molar-refractivity contribution in [3.05, 3.63) is 84.4 Å². The molecule has 8 nitrogen and oxygen atoms in total. The van der Waals surface area contributed by atoms with E-state index in [9.17, 15) is 13.6 Å². The summed E-state index contributed by atoms with van der Waals surface area (Å²) in [6, 6.07) is 12.8. The van der Waals surface area contributed by atoms with Gasteiger partial charge in [0.1, 0.15) is 23.7 Å². The van der Waals surface area contributed by atoms with Crippen LogP contribution in [0.3, 0.4) is 0 Å². The minimum Gasteiger partial charge on any atom is -0.410 e. The largest absolute Gasteiger partial charge is 0.413 e. The summed E-state index contributed by atoms with van der Waals surface area (Å²) in [6.45, 7) is 1.76. The molecule has 2 aromatic carbocycles. The number of halogens is 2. The number of hydrogen-bond acceptors (Lipinski definition) is 6. The summed E-state index contributed by atoms with van der Waals surface area (Å²) in [5.41, 5.74) is 1.57. The average molecular weight is 422 g/mol. The van der Waals surface area contributed by atoms with Crippen molar-refractivity contribution in [2.24, 2.45) is 0 Å². The molecule has 0 aliphatic carbocycles. The van der Waals surface area contributed by atoms with Crippen LogP contribution in [-0.2, 0) is 0 Å². The lowest BCUT2D eigenvalue weighted by molar-refractivity contribution is 0.196. The minimum absolute atomic E-state index is 0.123. The van der Waals surface area contributed by atoms with Crippen LogP contribution in [0.5, 0.6) is 5.75 Å². The molecule has 0 bridgehead atoms. The molecule has 2 aromatic heterocycles. The zero-order valence-corrected chi connectivity index (χ0v) is 16.2. The summed E-state index contributed by atoms with van der Waals surface area (Å²) < 4.78 is 34.4. The van der Waals surface area contributed by atoms with Gasteiger partial charge in [-0.15, -0.1) is 5.10 Å². The van der Waals surface area contributed by atoms with E-state index >= 15 is 0 Å². The number of carbonyl (C=O) groups is 1. The first-order chi connectivity index (χ1) is 15.0. The Morgan fingerprint density at radius 3 is 2.71 bits per heavy atom. The van der Waals surface area contributed by atoms with Crippen LogP contribution in [0, 0.1) is 11.6 Å². The highest BCUT2D eigenvalue weighted by Crippen LogP contribution is 2.30. The highest BCUT2D eigenvalue weighted by Gasteiger charge is 2.15. The van der Waals surface area contributed by atoms with Crippen LogP contribution in [-0.4, -0.2) is 31.3 Å². The summed E-state index contributed by atoms with van der Waals surface area (Å²) >= 11 is 0. The van der Waals surface area contributed by atoms with Gasteiger partial charge in [0.2, 0.25) is 0 Å². The van der Waals surface area contributed by atoms with E-state index in [1.165, 1.54) is 29.2 Å². The second-order valence-electron chi connectivity index (χ2n) is 6.60. The van der Waals surface area contributed by atoms with E-state index < -0.39 is 23.8 Å². The Morgan fingerprint density at radius 2 is 2.00 bits per heavy atom. The lowest BCUT2D eigenvalue weighted by atomic mass is 10.0. The quantitative estimate of drug-likeness (QED) is 0.525. The van der Waals surface area contributed by atoms with Gasteiger partial charge in [-0.05, 0) is 59.3 Å². The molecule has 0 spiro atoms. The normalized spacial score (nSPS) is 11.7. The van der Waals surface area contributed by atoms with Crippen LogP contribution in [0.4, 0.5) is 13.6 Å². The number of hydrogen-bond donors (Lipinski definition) is 1. The Morgan fingerprint density at radius 1 is 1.13 bits per heavy atom. The fraction of sp³-hybridized carbons (Fsp3) is 0.0952. The maximum Gasteiger partial charge on any atom is 0.413 e. The summed E-state index contributed by atoms with van der Waals surface area (Å²) in [7, 11) is 0. The van der Waals surface area contributed by atoms with E-state index in [4.69, 9.17) is 4.74 Å². The molecule has 0 aliphatic rings. The highest BCUT2D eigenvalue weighted by molar-refractivity contribution is 5.74. The van der Waals surface area contributed by atoms with E-state index in [-0.39, 0.29) is 11.3 Å². The fourth-order valence-corrected chi connectivity index (χ4v) is 2.95. The van der Waals surface area contributed by atoms with Crippen LogP contribution < -0.4 is 10.1 Å². The molecule has 2 heterocycles. The average Bonchev–Trinajstić information content (AvgIpc) is 3.29. The molecular weight excluding hydrogens is 406 g/mol. The van der Waals surface area contributed by atoms with Crippen molar-refractivity contribution < 1.29 is 18.3 Å². The van der Waals surface area contributed by atoms with Gasteiger partial charge in [-0.25, -0.2) is 18.3 Å². The molecule has 0 fully saturated rings. The standard InChI is InChI=1S/C21H16F2N6O2/c1-13(20-4-2-3-7-24-20)26-21(30)31-17-9-14(18-6-5-15(22)10-19(18)23)8-16(11-17)29-12-25-27-28-29/h2-13H,1H3,(H,26,30). The molecule has 1 unspecified atom stereocenters. The SMILES string of the molecule is CC(NC(=O)Oc1cc(-c2ccc(F)cc2F)cc(-n2cnnn2)c1)c1ccccn1. The summed E-state index contributed by atoms with van der Waals surface area (Å²) in [4.78, 5) is 16.6. The van der Waals surface area contributed by atoms with Gasteiger partial charge in [-0.1, -0.05) is 6.07 Å².